The fourth-order valence-electron chi connectivity index (χ4n) is 4.37. The molecular weight excluding hydrogens is 557 g/mol. The Balaban J connectivity index is 1.30. The van der Waals surface area contributed by atoms with Crippen molar-refractivity contribution in [3.8, 4) is 5.75 Å². The third-order valence-electron chi connectivity index (χ3n) is 6.54. The van der Waals surface area contributed by atoms with Gasteiger partial charge in [0, 0.05) is 36.1 Å². The van der Waals surface area contributed by atoms with E-state index in [0.29, 0.717) is 11.6 Å². The Kier molecular flexibility index (Phi) is 10.1. The molecule has 4 rings (SSSR count). The van der Waals surface area contributed by atoms with E-state index < -0.39 is 17.5 Å². The molecule has 1 saturated heterocycles. The quantitative estimate of drug-likeness (QED) is 0.315. The average Bonchev–Trinajstić information content (AvgIpc) is 3.47. The lowest BCUT2D eigenvalue weighted by Gasteiger charge is -2.34. The second kappa shape index (κ2) is 13.5. The Morgan fingerprint density at radius 2 is 1.82 bits per heavy atom. The molecule has 0 saturated carbocycles. The summed E-state index contributed by atoms with van der Waals surface area (Å²) in [5.74, 6) is -1.30. The number of amides is 1. The summed E-state index contributed by atoms with van der Waals surface area (Å²) in [6.07, 6.45) is 3.24. The van der Waals surface area contributed by atoms with Crippen molar-refractivity contribution in [2.24, 2.45) is 0 Å². The fourth-order valence-corrected chi connectivity index (χ4v) is 4.66. The zero-order valence-electron chi connectivity index (χ0n) is 22.4. The standard InChI is InChI=1S/C29H33Cl2N3O6/c1-20(35)34(40-28(36)27-4-3-15-38-27)25-16-23(31)9-10-26(25)39-19-29(2,37)18-32-24-11-13-33(14-12-24)17-21-5-7-22(30)8-6-21/h3-10,15-16,24,32,37H,11-14,17-19H2,1-2H3/t29-/m0/s1. The SMILES string of the molecule is CC(=O)N(OC(=O)c1ccco1)c1cc(Cl)ccc1OC[C@@](C)(O)CNC1CCN(Cc2ccc(Cl)cc2)CC1. The van der Waals surface area contributed by atoms with Gasteiger partial charge in [0.15, 0.2) is 0 Å². The number of rotatable bonds is 10. The van der Waals surface area contributed by atoms with Crippen LogP contribution in [0.1, 0.15) is 42.8 Å². The van der Waals surface area contributed by atoms with Crippen molar-refractivity contribution < 1.29 is 28.7 Å². The molecule has 9 nitrogen and oxygen atoms in total. The third-order valence-corrected chi connectivity index (χ3v) is 7.03. The van der Waals surface area contributed by atoms with Crippen LogP contribution < -0.4 is 15.1 Å². The first-order valence-electron chi connectivity index (χ1n) is 13.0. The van der Waals surface area contributed by atoms with Gasteiger partial charge in [0.25, 0.3) is 5.91 Å². The number of likely N-dealkylation sites (tertiary alicyclic amines) is 1. The van der Waals surface area contributed by atoms with E-state index in [1.54, 1.807) is 19.1 Å². The van der Waals surface area contributed by atoms with Crippen molar-refractivity contribution in [3.63, 3.8) is 0 Å². The van der Waals surface area contributed by atoms with E-state index in [1.165, 1.54) is 36.9 Å². The summed E-state index contributed by atoms with van der Waals surface area (Å²) in [6.45, 7) is 5.91. The van der Waals surface area contributed by atoms with Gasteiger partial charge in [-0.1, -0.05) is 35.3 Å². The fraction of sp³-hybridized carbons (Fsp3) is 0.379. The Morgan fingerprint density at radius 1 is 1.12 bits per heavy atom. The number of nitrogens with one attached hydrogen (secondary N) is 1. The summed E-state index contributed by atoms with van der Waals surface area (Å²) in [4.78, 5) is 32.5. The molecule has 3 aromatic rings. The number of piperidine rings is 1. The van der Waals surface area contributed by atoms with Crippen molar-refractivity contribution in [2.45, 2.75) is 44.9 Å². The van der Waals surface area contributed by atoms with Crippen LogP contribution in [0.3, 0.4) is 0 Å². The highest BCUT2D eigenvalue weighted by Crippen LogP contribution is 2.33. The van der Waals surface area contributed by atoms with Crippen molar-refractivity contribution in [3.05, 3.63) is 82.2 Å². The van der Waals surface area contributed by atoms with E-state index in [-0.39, 0.29) is 29.8 Å². The van der Waals surface area contributed by atoms with Crippen LogP contribution in [-0.4, -0.2) is 59.8 Å². The van der Waals surface area contributed by atoms with Gasteiger partial charge in [-0.2, -0.15) is 0 Å². The highest BCUT2D eigenvalue weighted by Gasteiger charge is 2.28. The lowest BCUT2D eigenvalue weighted by atomic mass is 10.0. The van der Waals surface area contributed by atoms with Crippen molar-refractivity contribution in [1.29, 1.82) is 0 Å². The van der Waals surface area contributed by atoms with E-state index >= 15 is 0 Å². The number of hydrogen-bond donors (Lipinski definition) is 2. The van der Waals surface area contributed by atoms with Crippen molar-refractivity contribution in [2.75, 3.05) is 31.3 Å². The van der Waals surface area contributed by atoms with Gasteiger partial charge in [-0.05, 0) is 80.9 Å². The summed E-state index contributed by atoms with van der Waals surface area (Å²) in [7, 11) is 0. The number of hydroxylamine groups is 1. The maximum Gasteiger partial charge on any atom is 0.398 e. The van der Waals surface area contributed by atoms with Crippen LogP contribution in [0, 0.1) is 0 Å². The average molecular weight is 591 g/mol. The summed E-state index contributed by atoms with van der Waals surface area (Å²) in [6, 6.07) is 15.7. The second-order valence-corrected chi connectivity index (χ2v) is 11.0. The van der Waals surface area contributed by atoms with Crippen LogP contribution in [0.4, 0.5) is 5.69 Å². The van der Waals surface area contributed by atoms with Gasteiger partial charge >= 0.3 is 5.97 Å². The molecule has 11 heteroatoms. The second-order valence-electron chi connectivity index (χ2n) is 10.1. The van der Waals surface area contributed by atoms with Crippen LogP contribution in [0.25, 0.3) is 0 Å². The Hall–Kier alpha value is -3.08. The normalized spacial score (nSPS) is 15.8. The first-order chi connectivity index (χ1) is 19.1. The first kappa shape index (κ1) is 29.9. The molecule has 0 aliphatic carbocycles. The Bertz CT molecular complexity index is 1280. The highest BCUT2D eigenvalue weighted by molar-refractivity contribution is 6.31. The molecule has 0 bridgehead atoms. The summed E-state index contributed by atoms with van der Waals surface area (Å²) >= 11 is 12.2. The minimum absolute atomic E-state index is 0.0689. The summed E-state index contributed by atoms with van der Waals surface area (Å²) < 4.78 is 11.0. The molecule has 2 aromatic carbocycles. The molecule has 0 spiro atoms. The van der Waals surface area contributed by atoms with Gasteiger partial charge in [-0.25, -0.2) is 4.79 Å². The lowest BCUT2D eigenvalue weighted by Crippen LogP contribution is -2.49. The minimum Gasteiger partial charge on any atom is -0.488 e. The van der Waals surface area contributed by atoms with Crippen LogP contribution in [-0.2, 0) is 16.2 Å². The predicted molar refractivity (Wildman–Crippen MR) is 153 cm³/mol. The number of halogens is 2. The number of aliphatic hydroxyl groups is 1. The van der Waals surface area contributed by atoms with E-state index in [4.69, 9.17) is 37.2 Å². The van der Waals surface area contributed by atoms with Crippen LogP contribution in [0.2, 0.25) is 10.0 Å². The smallest absolute Gasteiger partial charge is 0.398 e. The molecule has 1 aliphatic rings. The molecule has 1 atom stereocenters. The highest BCUT2D eigenvalue weighted by atomic mass is 35.5. The number of ether oxygens (including phenoxy) is 1. The van der Waals surface area contributed by atoms with E-state index in [1.807, 2.05) is 12.1 Å². The molecule has 1 amide bonds. The van der Waals surface area contributed by atoms with Gasteiger partial charge in [0.2, 0.25) is 5.76 Å². The number of benzene rings is 2. The number of carbonyl (C=O) groups excluding carboxylic acids is 2. The maximum atomic E-state index is 12.4. The third kappa shape index (κ3) is 8.46. The van der Waals surface area contributed by atoms with Gasteiger partial charge in [-0.3, -0.25) is 9.69 Å². The Labute approximate surface area is 243 Å². The summed E-state index contributed by atoms with van der Waals surface area (Å²) in [5, 5.41) is 16.3. The topological polar surface area (TPSA) is 104 Å². The van der Waals surface area contributed by atoms with E-state index in [0.717, 1.165) is 42.6 Å². The van der Waals surface area contributed by atoms with Crippen LogP contribution in [0.15, 0.2) is 65.3 Å². The predicted octanol–water partition coefficient (Wildman–Crippen LogP) is 5.10. The van der Waals surface area contributed by atoms with Crippen LogP contribution in [0.5, 0.6) is 5.75 Å². The van der Waals surface area contributed by atoms with E-state index in [9.17, 15) is 14.7 Å². The number of carbonyl (C=O) groups is 2. The van der Waals surface area contributed by atoms with Crippen molar-refractivity contribution in [1.82, 2.24) is 10.2 Å². The molecule has 2 N–H and O–H groups in total. The van der Waals surface area contributed by atoms with Crippen molar-refractivity contribution >= 4 is 40.8 Å². The summed E-state index contributed by atoms with van der Waals surface area (Å²) in [5.41, 5.74) is 0.136. The van der Waals surface area contributed by atoms with Gasteiger partial charge in [0.05, 0.1) is 6.26 Å². The molecule has 1 aliphatic heterocycles. The van der Waals surface area contributed by atoms with Crippen LogP contribution >= 0.6 is 23.2 Å². The molecular formula is C29H33Cl2N3O6. The number of hydrogen-bond acceptors (Lipinski definition) is 8. The molecule has 214 valence electrons. The molecule has 1 aromatic heterocycles. The zero-order chi connectivity index (χ0) is 28.7. The molecule has 1 fully saturated rings. The number of anilines is 1. The monoisotopic (exact) mass is 589 g/mol. The zero-order valence-corrected chi connectivity index (χ0v) is 24.0. The number of furan rings is 1. The molecule has 0 radical (unpaired) electrons. The Morgan fingerprint density at radius 3 is 2.48 bits per heavy atom. The minimum atomic E-state index is -1.22. The first-order valence-corrected chi connectivity index (χ1v) is 13.8. The van der Waals surface area contributed by atoms with Gasteiger partial charge in [0.1, 0.15) is 23.6 Å². The molecule has 40 heavy (non-hydrogen) atoms. The van der Waals surface area contributed by atoms with Gasteiger partial charge in [-0.15, -0.1) is 5.06 Å². The lowest BCUT2D eigenvalue weighted by molar-refractivity contribution is -0.122. The largest absolute Gasteiger partial charge is 0.488 e. The molecule has 0 unspecified atom stereocenters. The van der Waals surface area contributed by atoms with E-state index in [2.05, 4.69) is 22.3 Å². The molecule has 2 heterocycles. The number of nitrogens with zero attached hydrogens (tertiary/aromatic N) is 2. The maximum absolute atomic E-state index is 12.4. The van der Waals surface area contributed by atoms with Gasteiger partial charge < -0.3 is 24.4 Å².